The smallest absolute Gasteiger partial charge is 0.206 e. The van der Waals surface area contributed by atoms with E-state index in [1.54, 1.807) is 12.1 Å². The summed E-state index contributed by atoms with van der Waals surface area (Å²) in [6, 6.07) is 9.91. The molecule has 4 rings (SSSR count). The van der Waals surface area contributed by atoms with E-state index in [4.69, 9.17) is 4.74 Å². The Kier molecular flexibility index (Phi) is 3.39. The average Bonchev–Trinajstić information content (AvgIpc) is 2.93. The highest BCUT2D eigenvalue weighted by molar-refractivity contribution is 7.91. The molecule has 2 aromatic rings. The summed E-state index contributed by atoms with van der Waals surface area (Å²) in [5, 5.41) is 3.29. The molecule has 2 heterocycles. The second-order valence-electron chi connectivity index (χ2n) is 5.91. The molecule has 1 fully saturated rings. The van der Waals surface area contributed by atoms with Crippen LogP contribution in [0.4, 0.5) is 4.39 Å². The molecule has 23 heavy (non-hydrogen) atoms. The molecule has 2 aliphatic heterocycles. The van der Waals surface area contributed by atoms with Crippen LogP contribution in [0, 0.1) is 5.82 Å². The average molecular weight is 333 g/mol. The van der Waals surface area contributed by atoms with Crippen molar-refractivity contribution in [2.45, 2.75) is 28.2 Å². The lowest BCUT2D eigenvalue weighted by Gasteiger charge is -2.24. The van der Waals surface area contributed by atoms with Gasteiger partial charge in [-0.05, 0) is 49.4 Å². The van der Waals surface area contributed by atoms with Crippen molar-refractivity contribution in [2.24, 2.45) is 0 Å². The topological polar surface area (TPSA) is 55.4 Å². The molecule has 1 N–H and O–H groups in total. The van der Waals surface area contributed by atoms with Crippen molar-refractivity contribution in [1.29, 1.82) is 0 Å². The third kappa shape index (κ3) is 2.42. The van der Waals surface area contributed by atoms with Gasteiger partial charge in [-0.3, -0.25) is 0 Å². The van der Waals surface area contributed by atoms with E-state index in [2.05, 4.69) is 5.32 Å². The van der Waals surface area contributed by atoms with Gasteiger partial charge in [-0.2, -0.15) is 0 Å². The Labute approximate surface area is 134 Å². The number of rotatable bonds is 2. The third-order valence-electron chi connectivity index (χ3n) is 4.52. The summed E-state index contributed by atoms with van der Waals surface area (Å²) in [6.45, 7) is 1.72. The summed E-state index contributed by atoms with van der Waals surface area (Å²) in [6.07, 6.45) is 1.06. The van der Waals surface area contributed by atoms with E-state index in [1.165, 1.54) is 12.1 Å². The summed E-state index contributed by atoms with van der Waals surface area (Å²) in [7, 11) is -3.67. The van der Waals surface area contributed by atoms with Crippen molar-refractivity contribution in [2.75, 3.05) is 13.1 Å². The Morgan fingerprint density at radius 1 is 1.09 bits per heavy atom. The fraction of sp³-hybridized carbons (Fsp3) is 0.294. The molecule has 2 aromatic carbocycles. The fourth-order valence-electron chi connectivity index (χ4n) is 3.31. The first-order chi connectivity index (χ1) is 11.1. The Morgan fingerprint density at radius 3 is 2.61 bits per heavy atom. The second kappa shape index (κ2) is 5.32. The lowest BCUT2D eigenvalue weighted by Crippen LogP contribution is -2.39. The molecule has 0 aromatic heterocycles. The van der Waals surface area contributed by atoms with E-state index in [0.29, 0.717) is 11.7 Å². The van der Waals surface area contributed by atoms with Crippen LogP contribution in [-0.2, 0) is 9.84 Å². The Bertz CT molecular complexity index is 849. The summed E-state index contributed by atoms with van der Waals surface area (Å²) in [5.74, 6) is 0.513. The quantitative estimate of drug-likeness (QED) is 0.858. The highest BCUT2D eigenvalue weighted by Gasteiger charge is 2.36. The van der Waals surface area contributed by atoms with Gasteiger partial charge in [0.25, 0.3) is 0 Å². The van der Waals surface area contributed by atoms with Crippen LogP contribution in [-0.4, -0.2) is 27.6 Å². The fourth-order valence-corrected chi connectivity index (χ4v) is 4.59. The van der Waals surface area contributed by atoms with Crippen LogP contribution in [0.5, 0.6) is 5.75 Å². The highest BCUT2D eigenvalue weighted by atomic mass is 32.2. The standard InChI is InChI=1S/C17H16FNO3S/c18-11-1-3-12(4-2-11)23(20,21)13-5-6-14-15-7-8-19-10-17(15)22-16(14)9-13/h1-6,9,15,17,19H,7-8,10H2/t15-,17-/m0/s1. The molecule has 0 amide bonds. The number of sulfone groups is 1. The van der Waals surface area contributed by atoms with Crippen molar-refractivity contribution in [3.05, 3.63) is 53.8 Å². The number of nitrogens with one attached hydrogen (secondary N) is 1. The van der Waals surface area contributed by atoms with Gasteiger partial charge >= 0.3 is 0 Å². The predicted molar refractivity (Wildman–Crippen MR) is 82.9 cm³/mol. The number of hydrogen-bond acceptors (Lipinski definition) is 4. The van der Waals surface area contributed by atoms with E-state index in [0.717, 1.165) is 37.2 Å². The lowest BCUT2D eigenvalue weighted by atomic mass is 9.90. The van der Waals surface area contributed by atoms with Crippen LogP contribution in [0.15, 0.2) is 52.3 Å². The van der Waals surface area contributed by atoms with Crippen molar-refractivity contribution < 1.29 is 17.5 Å². The zero-order valence-electron chi connectivity index (χ0n) is 12.3. The molecule has 6 heteroatoms. The molecule has 2 atom stereocenters. The summed E-state index contributed by atoms with van der Waals surface area (Å²) in [4.78, 5) is 0.255. The van der Waals surface area contributed by atoms with Crippen LogP contribution in [0.2, 0.25) is 0 Å². The minimum Gasteiger partial charge on any atom is -0.488 e. The zero-order valence-corrected chi connectivity index (χ0v) is 13.1. The van der Waals surface area contributed by atoms with Gasteiger partial charge in [-0.1, -0.05) is 6.07 Å². The second-order valence-corrected chi connectivity index (χ2v) is 7.86. The van der Waals surface area contributed by atoms with Gasteiger partial charge in [0, 0.05) is 18.0 Å². The minimum atomic E-state index is -3.67. The molecule has 0 spiro atoms. The number of hydrogen-bond donors (Lipinski definition) is 1. The van der Waals surface area contributed by atoms with Gasteiger partial charge in [-0.25, -0.2) is 12.8 Å². The molecular weight excluding hydrogens is 317 g/mol. The number of halogens is 1. The molecule has 1 saturated heterocycles. The van der Waals surface area contributed by atoms with Crippen LogP contribution in [0.1, 0.15) is 17.9 Å². The van der Waals surface area contributed by atoms with Gasteiger partial charge in [0.05, 0.1) is 9.79 Å². The zero-order chi connectivity index (χ0) is 16.0. The molecule has 0 saturated carbocycles. The van der Waals surface area contributed by atoms with Crippen LogP contribution in [0.3, 0.4) is 0 Å². The minimum absolute atomic E-state index is 0.0718. The van der Waals surface area contributed by atoms with Gasteiger partial charge in [0.1, 0.15) is 17.7 Å². The number of benzene rings is 2. The number of fused-ring (bicyclic) bond motifs is 3. The molecule has 2 aliphatic rings. The van der Waals surface area contributed by atoms with E-state index < -0.39 is 15.7 Å². The summed E-state index contributed by atoms with van der Waals surface area (Å²) < 4.78 is 44.3. The SMILES string of the molecule is O=S(=O)(c1ccc(F)cc1)c1ccc2c(c1)O[C@H]1CNCC[C@@H]21. The third-order valence-corrected chi connectivity index (χ3v) is 6.29. The van der Waals surface area contributed by atoms with Gasteiger partial charge in [0.2, 0.25) is 9.84 Å². The predicted octanol–water partition coefficient (Wildman–Crippen LogP) is 2.50. The molecular formula is C17H16FNO3S. The molecule has 0 unspecified atom stereocenters. The first-order valence-corrected chi connectivity index (χ1v) is 9.06. The van der Waals surface area contributed by atoms with Crippen LogP contribution in [0.25, 0.3) is 0 Å². The normalized spacial score (nSPS) is 23.0. The lowest BCUT2D eigenvalue weighted by molar-refractivity contribution is 0.176. The molecule has 120 valence electrons. The van der Waals surface area contributed by atoms with Crippen molar-refractivity contribution >= 4 is 9.84 Å². The number of ether oxygens (including phenoxy) is 1. The van der Waals surface area contributed by atoms with Crippen LogP contribution >= 0.6 is 0 Å². The van der Waals surface area contributed by atoms with Crippen molar-refractivity contribution in [3.8, 4) is 5.75 Å². The van der Waals surface area contributed by atoms with Gasteiger partial charge in [0.15, 0.2) is 0 Å². The first kappa shape index (κ1) is 14.7. The van der Waals surface area contributed by atoms with Crippen molar-refractivity contribution in [1.82, 2.24) is 5.32 Å². The van der Waals surface area contributed by atoms with E-state index in [-0.39, 0.29) is 15.9 Å². The first-order valence-electron chi connectivity index (χ1n) is 7.58. The maximum atomic E-state index is 13.0. The molecule has 0 aliphatic carbocycles. The Morgan fingerprint density at radius 2 is 1.83 bits per heavy atom. The summed E-state index contributed by atoms with van der Waals surface area (Å²) >= 11 is 0. The Hall–Kier alpha value is -1.92. The molecule has 4 nitrogen and oxygen atoms in total. The van der Waals surface area contributed by atoms with Crippen LogP contribution < -0.4 is 10.1 Å². The maximum Gasteiger partial charge on any atom is 0.206 e. The largest absolute Gasteiger partial charge is 0.488 e. The maximum absolute atomic E-state index is 13.0. The Balaban J connectivity index is 1.73. The number of piperidine rings is 1. The summed E-state index contributed by atoms with van der Waals surface area (Å²) in [5.41, 5.74) is 1.08. The highest BCUT2D eigenvalue weighted by Crippen LogP contribution is 2.42. The van der Waals surface area contributed by atoms with Gasteiger partial charge < -0.3 is 10.1 Å². The molecule has 0 bridgehead atoms. The van der Waals surface area contributed by atoms with E-state index >= 15 is 0 Å². The van der Waals surface area contributed by atoms with E-state index in [1.807, 2.05) is 6.07 Å². The van der Waals surface area contributed by atoms with E-state index in [9.17, 15) is 12.8 Å². The van der Waals surface area contributed by atoms with Gasteiger partial charge in [-0.15, -0.1) is 0 Å². The van der Waals surface area contributed by atoms with Crippen molar-refractivity contribution in [3.63, 3.8) is 0 Å². The monoisotopic (exact) mass is 333 g/mol. The molecule has 0 radical (unpaired) electrons.